The average molecular weight is 380 g/mol. The zero-order valence-corrected chi connectivity index (χ0v) is 17.7. The van der Waals surface area contributed by atoms with Crippen LogP contribution in [0, 0.1) is 0 Å². The summed E-state index contributed by atoms with van der Waals surface area (Å²) in [7, 11) is -0.0750. The van der Waals surface area contributed by atoms with E-state index < -0.39 is 0 Å². The molecule has 0 saturated carbocycles. The molecule has 2 aromatic carbocycles. The van der Waals surface area contributed by atoms with Gasteiger partial charge in [0.25, 0.3) is 0 Å². The van der Waals surface area contributed by atoms with Gasteiger partial charge in [-0.25, -0.2) is 4.79 Å². The van der Waals surface area contributed by atoms with Crippen LogP contribution in [-0.2, 0) is 6.42 Å². The highest BCUT2D eigenvalue weighted by Gasteiger charge is 2.23. The predicted molar refractivity (Wildman–Crippen MR) is 114 cm³/mol. The van der Waals surface area contributed by atoms with Crippen LogP contribution in [0.3, 0.4) is 0 Å². The Labute approximate surface area is 165 Å². The molecule has 0 spiro atoms. The van der Waals surface area contributed by atoms with Gasteiger partial charge in [-0.2, -0.15) is 0 Å². The van der Waals surface area contributed by atoms with Crippen LogP contribution in [0.2, 0.25) is 18.1 Å². The topological polar surface area (TPSA) is 26.3 Å². The highest BCUT2D eigenvalue weighted by molar-refractivity contribution is 6.59. The minimum Gasteiger partial charge on any atom is -0.423 e. The Bertz CT molecular complexity index is 713. The van der Waals surface area contributed by atoms with E-state index in [0.29, 0.717) is 17.2 Å². The molecule has 1 saturated heterocycles. The fraction of sp³-hybridized carbons (Fsp3) is 0.458. The van der Waals surface area contributed by atoms with Crippen LogP contribution in [0.5, 0.6) is 5.75 Å². The number of benzene rings is 2. The molecule has 1 aliphatic rings. The van der Waals surface area contributed by atoms with Gasteiger partial charge in [0.05, 0.1) is 5.56 Å². The van der Waals surface area contributed by atoms with Gasteiger partial charge < -0.3 is 4.74 Å². The summed E-state index contributed by atoms with van der Waals surface area (Å²) in [6.07, 6.45) is 6.16. The Balaban J connectivity index is 1.56. The van der Waals surface area contributed by atoms with Crippen molar-refractivity contribution in [1.29, 1.82) is 0 Å². The fourth-order valence-electron chi connectivity index (χ4n) is 4.03. The first-order valence-corrected chi connectivity index (χ1v) is 12.6. The second-order valence-corrected chi connectivity index (χ2v) is 10.7. The summed E-state index contributed by atoms with van der Waals surface area (Å²) >= 11 is 0. The molecule has 27 heavy (non-hydrogen) atoms. The van der Waals surface area contributed by atoms with E-state index in [9.17, 15) is 4.79 Å². The molecule has 143 valence electrons. The monoisotopic (exact) mass is 379 g/mol. The molecule has 0 N–H and O–H groups in total. The molecular weight excluding hydrogens is 348 g/mol. The number of hydrogen-bond donors (Lipinski definition) is 0. The van der Waals surface area contributed by atoms with Gasteiger partial charge in [-0.15, -0.1) is 0 Å². The van der Waals surface area contributed by atoms with E-state index >= 15 is 0 Å². The number of rotatable bonds is 7. The normalized spacial score (nSPS) is 15.6. The number of carbonyl (C=O) groups excluding carboxylic acids is 1. The van der Waals surface area contributed by atoms with Crippen LogP contribution in [0.4, 0.5) is 0 Å². The van der Waals surface area contributed by atoms with Gasteiger partial charge in [0.1, 0.15) is 5.75 Å². The van der Waals surface area contributed by atoms with E-state index in [2.05, 4.69) is 26.0 Å². The highest BCUT2D eigenvalue weighted by Crippen LogP contribution is 2.35. The second kappa shape index (κ2) is 9.89. The minimum absolute atomic E-state index is 0.0750. The van der Waals surface area contributed by atoms with Gasteiger partial charge in [-0.1, -0.05) is 69.1 Å². The molecule has 2 nitrogen and oxygen atoms in total. The summed E-state index contributed by atoms with van der Waals surface area (Å²) in [6, 6.07) is 20.3. The molecule has 0 bridgehead atoms. The van der Waals surface area contributed by atoms with Crippen LogP contribution in [-0.4, -0.2) is 14.8 Å². The number of aryl methyl sites for hydroxylation is 1. The maximum absolute atomic E-state index is 12.4. The molecule has 1 aliphatic heterocycles. The molecule has 1 heterocycles. The Kier molecular flexibility index (Phi) is 7.28. The molecule has 1 radical (unpaired) electrons. The van der Waals surface area contributed by atoms with Crippen molar-refractivity contribution in [3.63, 3.8) is 0 Å². The van der Waals surface area contributed by atoms with E-state index in [4.69, 9.17) is 4.74 Å². The van der Waals surface area contributed by atoms with Crippen molar-refractivity contribution < 1.29 is 9.53 Å². The van der Waals surface area contributed by atoms with E-state index in [1.54, 1.807) is 0 Å². The fourth-order valence-corrected chi connectivity index (χ4v) is 7.00. The van der Waals surface area contributed by atoms with Crippen molar-refractivity contribution in [3.05, 3.63) is 65.2 Å². The van der Waals surface area contributed by atoms with Gasteiger partial charge in [0.2, 0.25) is 0 Å². The van der Waals surface area contributed by atoms with Crippen molar-refractivity contribution in [2.24, 2.45) is 0 Å². The maximum Gasteiger partial charge on any atom is 0.343 e. The lowest BCUT2D eigenvalue weighted by molar-refractivity contribution is 0.0734. The summed E-state index contributed by atoms with van der Waals surface area (Å²) < 4.78 is 5.53. The molecule has 0 aromatic heterocycles. The molecule has 2 aromatic rings. The van der Waals surface area contributed by atoms with Crippen LogP contribution >= 0.6 is 0 Å². The summed E-state index contributed by atoms with van der Waals surface area (Å²) in [5.41, 5.74) is 3.29. The summed E-state index contributed by atoms with van der Waals surface area (Å²) in [5.74, 6) is 1.01. The molecule has 3 rings (SSSR count). The lowest BCUT2D eigenvalue weighted by Gasteiger charge is -2.27. The van der Waals surface area contributed by atoms with Crippen molar-refractivity contribution in [3.8, 4) is 5.75 Å². The third-order valence-electron chi connectivity index (χ3n) is 5.59. The van der Waals surface area contributed by atoms with Crippen LogP contribution in [0.25, 0.3) is 0 Å². The second-order valence-electron chi connectivity index (χ2n) is 7.68. The summed E-state index contributed by atoms with van der Waals surface area (Å²) in [5, 5.41) is 0. The molecule has 0 atom stereocenters. The molecule has 0 unspecified atom stereocenters. The first-order valence-electron chi connectivity index (χ1n) is 10.4. The molecule has 0 amide bonds. The van der Waals surface area contributed by atoms with Crippen molar-refractivity contribution in [1.82, 2.24) is 0 Å². The Morgan fingerprint density at radius 3 is 2.22 bits per heavy atom. The summed E-state index contributed by atoms with van der Waals surface area (Å²) in [6.45, 7) is 4.47. The molecule has 0 aliphatic carbocycles. The first-order chi connectivity index (χ1) is 13.2. The third kappa shape index (κ3) is 5.55. The largest absolute Gasteiger partial charge is 0.423 e. The van der Waals surface area contributed by atoms with Gasteiger partial charge in [0, 0.05) is 8.80 Å². The van der Waals surface area contributed by atoms with Gasteiger partial charge in [-0.3, -0.25) is 0 Å². The van der Waals surface area contributed by atoms with Gasteiger partial charge in [0.15, 0.2) is 0 Å². The Morgan fingerprint density at radius 2 is 1.63 bits per heavy atom. The smallest absolute Gasteiger partial charge is 0.343 e. The molecule has 1 fully saturated rings. The first kappa shape index (κ1) is 19.9. The van der Waals surface area contributed by atoms with Crippen LogP contribution in [0.15, 0.2) is 48.5 Å². The number of ether oxygens (including phenoxy) is 1. The van der Waals surface area contributed by atoms with E-state index in [-0.39, 0.29) is 14.8 Å². The molecular formula is C24H31O2Si. The van der Waals surface area contributed by atoms with Crippen LogP contribution in [0.1, 0.15) is 66.9 Å². The standard InChI is InChI=1S/C24H31O2Si/c1-3-5-19-6-12-23(13-7-19)26-24(25)22-10-8-20(9-11-22)21-14-17-27(16-4-2)18-15-21/h6-13,21H,3-5,14-18H2,1-2H3. The zero-order chi connectivity index (χ0) is 19.1. The van der Waals surface area contributed by atoms with Gasteiger partial charge >= 0.3 is 5.97 Å². The van der Waals surface area contributed by atoms with E-state index in [0.717, 1.165) is 12.8 Å². The zero-order valence-electron chi connectivity index (χ0n) is 16.7. The van der Waals surface area contributed by atoms with Crippen molar-refractivity contribution in [2.45, 2.75) is 70.0 Å². The van der Waals surface area contributed by atoms with Crippen molar-refractivity contribution >= 4 is 14.8 Å². The van der Waals surface area contributed by atoms with E-state index in [1.165, 1.54) is 48.5 Å². The quantitative estimate of drug-likeness (QED) is 0.306. The number of hydrogen-bond acceptors (Lipinski definition) is 2. The SMILES string of the molecule is CCCc1ccc(OC(=O)c2ccc(C3CC[Si](CCC)CC3)cc2)cc1. The van der Waals surface area contributed by atoms with Gasteiger partial charge in [-0.05, 0) is 60.6 Å². The lowest BCUT2D eigenvalue weighted by atomic mass is 9.93. The predicted octanol–water partition coefficient (Wildman–Crippen LogP) is 6.64. The third-order valence-corrected chi connectivity index (χ3v) is 8.79. The Morgan fingerprint density at radius 1 is 0.963 bits per heavy atom. The summed E-state index contributed by atoms with van der Waals surface area (Å²) in [4.78, 5) is 12.4. The maximum atomic E-state index is 12.4. The van der Waals surface area contributed by atoms with E-state index in [1.807, 2.05) is 36.4 Å². The number of esters is 1. The lowest BCUT2D eigenvalue weighted by Crippen LogP contribution is -2.20. The average Bonchev–Trinajstić information content (AvgIpc) is 2.71. The highest BCUT2D eigenvalue weighted by atomic mass is 28.3. The molecule has 3 heteroatoms. The minimum atomic E-state index is -0.276. The van der Waals surface area contributed by atoms with Crippen molar-refractivity contribution in [2.75, 3.05) is 0 Å². The Hall–Kier alpha value is -1.87. The number of carbonyl (C=O) groups is 1. The van der Waals surface area contributed by atoms with Crippen LogP contribution < -0.4 is 4.74 Å².